The molecule has 2 heterocycles. The molecule has 9 heteroatoms. The normalized spacial score (nSPS) is 11.0. The van der Waals surface area contributed by atoms with Crippen LogP contribution in [0.15, 0.2) is 41.5 Å². The van der Waals surface area contributed by atoms with Crippen molar-refractivity contribution in [1.29, 1.82) is 0 Å². The molecule has 3 aromatic rings. The smallest absolute Gasteiger partial charge is 0.263 e. The number of amides is 1. The van der Waals surface area contributed by atoms with Gasteiger partial charge in [0.05, 0.1) is 24.9 Å². The number of rotatable bonds is 5. The number of H-pyrrole nitrogens is 1. The van der Waals surface area contributed by atoms with Crippen LogP contribution in [0, 0.1) is 0 Å². The number of benzene rings is 1. The van der Waals surface area contributed by atoms with Crippen LogP contribution >= 0.6 is 0 Å². The zero-order valence-corrected chi connectivity index (χ0v) is 14.3. The zero-order valence-electron chi connectivity index (χ0n) is 14.3. The Hall–Kier alpha value is -3.49. The molecule has 1 aromatic carbocycles. The number of aromatic amines is 1. The number of nitrogens with two attached hydrogens (primary N) is 1. The first kappa shape index (κ1) is 18.3. The summed E-state index contributed by atoms with van der Waals surface area (Å²) < 4.78 is 30.0. The third-order valence-electron chi connectivity index (χ3n) is 4.02. The average Bonchev–Trinajstić information content (AvgIpc) is 2.66. The van der Waals surface area contributed by atoms with Gasteiger partial charge in [-0.05, 0) is 6.07 Å². The van der Waals surface area contributed by atoms with Gasteiger partial charge in [0.1, 0.15) is 11.3 Å². The Bertz CT molecular complexity index is 1070. The predicted octanol–water partition coefficient (Wildman–Crippen LogP) is 2.18. The number of fused-ring (bicyclic) bond motifs is 1. The summed E-state index contributed by atoms with van der Waals surface area (Å²) in [5, 5.41) is 2.39. The Morgan fingerprint density at radius 2 is 2.11 bits per heavy atom. The molecule has 0 aliphatic carbocycles. The van der Waals surface area contributed by atoms with Gasteiger partial charge in [0.25, 0.3) is 17.9 Å². The summed E-state index contributed by atoms with van der Waals surface area (Å²) >= 11 is 0. The van der Waals surface area contributed by atoms with E-state index in [-0.39, 0.29) is 5.69 Å². The topological polar surface area (TPSA) is 110 Å². The fourth-order valence-corrected chi connectivity index (χ4v) is 2.81. The maximum atomic E-state index is 12.4. The first-order valence-corrected chi connectivity index (χ1v) is 7.93. The van der Waals surface area contributed by atoms with Gasteiger partial charge in [-0.2, -0.15) is 0 Å². The van der Waals surface area contributed by atoms with Crippen molar-refractivity contribution in [3.05, 3.63) is 52.6 Å². The molecule has 1 amide bonds. The van der Waals surface area contributed by atoms with Crippen molar-refractivity contribution >= 4 is 22.5 Å². The monoisotopic (exact) mass is 374 g/mol. The SMILES string of the molecule is COc1ccncc1-c1cccc2c(N)c(C(=O)NCC(F)F)c(=O)[nH]c12. The van der Waals surface area contributed by atoms with Crippen molar-refractivity contribution < 1.29 is 18.3 Å². The summed E-state index contributed by atoms with van der Waals surface area (Å²) in [6, 6.07) is 6.73. The van der Waals surface area contributed by atoms with Crippen LogP contribution in [-0.4, -0.2) is 36.0 Å². The number of halogens is 2. The maximum Gasteiger partial charge on any atom is 0.263 e. The van der Waals surface area contributed by atoms with E-state index in [1.807, 2.05) is 5.32 Å². The molecular weight excluding hydrogens is 358 g/mol. The Morgan fingerprint density at radius 3 is 2.81 bits per heavy atom. The van der Waals surface area contributed by atoms with E-state index in [4.69, 9.17) is 10.5 Å². The Labute approximate surface area is 152 Å². The Morgan fingerprint density at radius 1 is 1.33 bits per heavy atom. The van der Waals surface area contributed by atoms with Gasteiger partial charge in [0.15, 0.2) is 0 Å². The molecule has 27 heavy (non-hydrogen) atoms. The van der Waals surface area contributed by atoms with E-state index in [9.17, 15) is 18.4 Å². The van der Waals surface area contributed by atoms with E-state index < -0.39 is 30.0 Å². The number of para-hydroxylation sites is 1. The number of nitrogens with one attached hydrogen (secondary N) is 2. The van der Waals surface area contributed by atoms with Crippen LogP contribution < -0.4 is 21.3 Å². The summed E-state index contributed by atoms with van der Waals surface area (Å²) in [7, 11) is 1.51. The van der Waals surface area contributed by atoms with Crippen LogP contribution in [0.25, 0.3) is 22.0 Å². The summed E-state index contributed by atoms with van der Waals surface area (Å²) in [6.07, 6.45) is 0.404. The minimum Gasteiger partial charge on any atom is -0.496 e. The lowest BCUT2D eigenvalue weighted by Gasteiger charge is -2.13. The highest BCUT2D eigenvalue weighted by Gasteiger charge is 2.20. The second kappa shape index (κ2) is 7.40. The Kier molecular flexibility index (Phi) is 5.02. The van der Waals surface area contributed by atoms with E-state index in [2.05, 4.69) is 9.97 Å². The summed E-state index contributed by atoms with van der Waals surface area (Å²) in [5.41, 5.74) is 6.36. The molecule has 0 unspecified atom stereocenters. The number of nitrogen functional groups attached to an aromatic ring is 1. The molecular formula is C18H16F2N4O3. The largest absolute Gasteiger partial charge is 0.496 e. The third-order valence-corrected chi connectivity index (χ3v) is 4.02. The molecule has 0 spiro atoms. The number of carbonyl (C=O) groups excluding carboxylic acids is 1. The van der Waals surface area contributed by atoms with Gasteiger partial charge >= 0.3 is 0 Å². The number of hydrogen-bond acceptors (Lipinski definition) is 5. The number of alkyl halides is 2. The van der Waals surface area contributed by atoms with Crippen molar-refractivity contribution in [3.8, 4) is 16.9 Å². The van der Waals surface area contributed by atoms with Gasteiger partial charge in [-0.3, -0.25) is 14.6 Å². The molecule has 0 saturated heterocycles. The molecule has 0 aliphatic heterocycles. The Balaban J connectivity index is 2.19. The van der Waals surface area contributed by atoms with Crippen molar-refractivity contribution in [2.24, 2.45) is 0 Å². The number of hydrogen-bond donors (Lipinski definition) is 3. The van der Waals surface area contributed by atoms with Crippen LogP contribution in [0.4, 0.5) is 14.5 Å². The zero-order chi connectivity index (χ0) is 19.6. The number of pyridine rings is 2. The van der Waals surface area contributed by atoms with E-state index in [1.54, 1.807) is 36.7 Å². The third kappa shape index (κ3) is 3.43. The molecule has 2 aromatic heterocycles. The number of anilines is 1. The summed E-state index contributed by atoms with van der Waals surface area (Å²) in [5.74, 6) is -0.420. The summed E-state index contributed by atoms with van der Waals surface area (Å²) in [6.45, 7) is -0.872. The first-order chi connectivity index (χ1) is 12.9. The van der Waals surface area contributed by atoms with Crippen LogP contribution in [0.3, 0.4) is 0 Å². The lowest BCUT2D eigenvalue weighted by Crippen LogP contribution is -2.33. The van der Waals surface area contributed by atoms with Gasteiger partial charge < -0.3 is 20.8 Å². The standard InChI is InChI=1S/C18H16F2N4O3/c1-27-12-5-6-22-7-11(12)9-3-2-4-10-15(21)14(18(26)24-16(9)10)17(25)23-8-13(19)20/h2-7,13H,8H2,1H3,(H,23,25)(H3,21,24,26). The van der Waals surface area contributed by atoms with Crippen molar-refractivity contribution in [1.82, 2.24) is 15.3 Å². The second-order valence-electron chi connectivity index (χ2n) is 5.65. The number of aromatic nitrogens is 2. The molecule has 0 fully saturated rings. The van der Waals surface area contributed by atoms with Gasteiger partial charge in [0.2, 0.25) is 0 Å². The highest BCUT2D eigenvalue weighted by atomic mass is 19.3. The molecule has 0 bridgehead atoms. The van der Waals surface area contributed by atoms with E-state index in [1.165, 1.54) is 7.11 Å². The molecule has 3 rings (SSSR count). The lowest BCUT2D eigenvalue weighted by molar-refractivity contribution is 0.0891. The van der Waals surface area contributed by atoms with Crippen LogP contribution in [0.2, 0.25) is 0 Å². The number of methoxy groups -OCH3 is 1. The number of ether oxygens (including phenoxy) is 1. The maximum absolute atomic E-state index is 12.4. The molecule has 0 aliphatic rings. The minimum absolute atomic E-state index is 0.0924. The number of nitrogens with zero attached hydrogens (tertiary/aromatic N) is 1. The molecule has 140 valence electrons. The van der Waals surface area contributed by atoms with Crippen molar-refractivity contribution in [3.63, 3.8) is 0 Å². The fourth-order valence-electron chi connectivity index (χ4n) is 2.81. The van der Waals surface area contributed by atoms with E-state index in [0.717, 1.165) is 0 Å². The molecule has 7 nitrogen and oxygen atoms in total. The highest BCUT2D eigenvalue weighted by Crippen LogP contribution is 2.34. The van der Waals surface area contributed by atoms with Crippen LogP contribution in [0.1, 0.15) is 10.4 Å². The van der Waals surface area contributed by atoms with Crippen LogP contribution in [-0.2, 0) is 0 Å². The predicted molar refractivity (Wildman–Crippen MR) is 97.1 cm³/mol. The molecule has 0 atom stereocenters. The first-order valence-electron chi connectivity index (χ1n) is 7.93. The van der Waals surface area contributed by atoms with E-state index in [0.29, 0.717) is 27.8 Å². The van der Waals surface area contributed by atoms with Crippen molar-refractivity contribution in [2.75, 3.05) is 19.4 Å². The summed E-state index contributed by atoms with van der Waals surface area (Å²) in [4.78, 5) is 31.3. The average molecular weight is 374 g/mol. The lowest BCUT2D eigenvalue weighted by atomic mass is 10.0. The van der Waals surface area contributed by atoms with Gasteiger partial charge in [0, 0.05) is 28.9 Å². The number of carbonyl (C=O) groups is 1. The molecule has 0 saturated carbocycles. The van der Waals surface area contributed by atoms with Gasteiger partial charge in [-0.1, -0.05) is 18.2 Å². The molecule has 4 N–H and O–H groups in total. The van der Waals surface area contributed by atoms with Gasteiger partial charge in [-0.25, -0.2) is 8.78 Å². The van der Waals surface area contributed by atoms with Gasteiger partial charge in [-0.15, -0.1) is 0 Å². The van der Waals surface area contributed by atoms with Crippen molar-refractivity contribution in [2.45, 2.75) is 6.43 Å². The quantitative estimate of drug-likeness (QED) is 0.634. The second-order valence-corrected chi connectivity index (χ2v) is 5.65. The van der Waals surface area contributed by atoms with Crippen LogP contribution in [0.5, 0.6) is 5.75 Å². The minimum atomic E-state index is -2.74. The highest BCUT2D eigenvalue weighted by molar-refractivity contribution is 6.09. The molecule has 0 radical (unpaired) electrons. The fraction of sp³-hybridized carbons (Fsp3) is 0.167. The van der Waals surface area contributed by atoms with E-state index >= 15 is 0 Å².